The van der Waals surface area contributed by atoms with E-state index in [2.05, 4.69) is 11.3 Å². The zero-order valence-electron chi connectivity index (χ0n) is 6.83. The Bertz CT molecular complexity index is 200. The van der Waals surface area contributed by atoms with Gasteiger partial charge >= 0.3 is 5.97 Å². The minimum atomic E-state index is -0.328. The van der Waals surface area contributed by atoms with Gasteiger partial charge < -0.3 is 4.74 Å². The molecule has 0 aliphatic carbocycles. The summed E-state index contributed by atoms with van der Waals surface area (Å²) >= 11 is 0. The third-order valence-electron chi connectivity index (χ3n) is 1.14. The zero-order valence-corrected chi connectivity index (χ0v) is 6.83. The van der Waals surface area contributed by atoms with E-state index < -0.39 is 0 Å². The molecule has 0 aromatic rings. The van der Waals surface area contributed by atoms with Gasteiger partial charge in [-0.05, 0) is 19.9 Å². The maximum absolute atomic E-state index is 10.9. The quantitative estimate of drug-likeness (QED) is 0.268. The lowest BCUT2D eigenvalue weighted by Gasteiger charge is -1.95. The van der Waals surface area contributed by atoms with Crippen molar-refractivity contribution in [3.8, 4) is 0 Å². The average molecular weight is 152 g/mol. The van der Waals surface area contributed by atoms with Gasteiger partial charge in [-0.2, -0.15) is 0 Å². The van der Waals surface area contributed by atoms with Crippen LogP contribution in [0.25, 0.3) is 0 Å². The van der Waals surface area contributed by atoms with Crippen LogP contribution in [-0.4, -0.2) is 5.97 Å². The van der Waals surface area contributed by atoms with Crippen molar-refractivity contribution < 1.29 is 9.53 Å². The fraction of sp³-hybridized carbons (Fsp3) is 0.222. The van der Waals surface area contributed by atoms with Gasteiger partial charge in [0.05, 0.1) is 6.26 Å². The van der Waals surface area contributed by atoms with Gasteiger partial charge in [0.25, 0.3) is 0 Å². The van der Waals surface area contributed by atoms with Crippen molar-refractivity contribution in [2.24, 2.45) is 0 Å². The summed E-state index contributed by atoms with van der Waals surface area (Å²) in [6, 6.07) is 0. The van der Waals surface area contributed by atoms with Crippen molar-refractivity contribution in [1.29, 1.82) is 0 Å². The number of carbonyl (C=O) groups excluding carboxylic acids is 1. The van der Waals surface area contributed by atoms with E-state index >= 15 is 0 Å². The highest BCUT2D eigenvalue weighted by atomic mass is 16.5. The van der Waals surface area contributed by atoms with Crippen molar-refractivity contribution >= 4 is 5.97 Å². The van der Waals surface area contributed by atoms with Gasteiger partial charge in [0.1, 0.15) is 0 Å². The third-order valence-corrected chi connectivity index (χ3v) is 1.14. The molecule has 0 aliphatic rings. The van der Waals surface area contributed by atoms with Crippen LogP contribution in [0.1, 0.15) is 13.8 Å². The van der Waals surface area contributed by atoms with Crippen molar-refractivity contribution in [3.63, 3.8) is 0 Å². The number of esters is 1. The van der Waals surface area contributed by atoms with Gasteiger partial charge in [0, 0.05) is 5.57 Å². The summed E-state index contributed by atoms with van der Waals surface area (Å²) in [7, 11) is 0. The number of allylic oxidation sites excluding steroid dienone is 3. The summed E-state index contributed by atoms with van der Waals surface area (Å²) in [5.41, 5.74) is 0.596. The Labute approximate surface area is 66.9 Å². The molecular weight excluding hydrogens is 140 g/mol. The maximum Gasteiger partial charge on any atom is 0.338 e. The Hall–Kier alpha value is -1.31. The first kappa shape index (κ1) is 9.69. The van der Waals surface area contributed by atoms with Gasteiger partial charge in [-0.3, -0.25) is 0 Å². The van der Waals surface area contributed by atoms with Crippen LogP contribution in [0.15, 0.2) is 36.6 Å². The number of hydrogen-bond acceptors (Lipinski definition) is 2. The van der Waals surface area contributed by atoms with Crippen molar-refractivity contribution in [2.75, 3.05) is 0 Å². The van der Waals surface area contributed by atoms with Crippen LogP contribution < -0.4 is 0 Å². The summed E-state index contributed by atoms with van der Waals surface area (Å²) < 4.78 is 4.68. The molecule has 0 saturated heterocycles. The second-order valence-corrected chi connectivity index (χ2v) is 1.94. The molecule has 0 heterocycles. The summed E-state index contributed by atoms with van der Waals surface area (Å²) in [4.78, 5) is 10.9. The molecule has 0 aromatic carbocycles. The molecule has 0 saturated carbocycles. The predicted molar refractivity (Wildman–Crippen MR) is 44.9 cm³/mol. The van der Waals surface area contributed by atoms with E-state index in [1.807, 2.05) is 0 Å². The number of rotatable bonds is 3. The van der Waals surface area contributed by atoms with E-state index in [9.17, 15) is 4.79 Å². The molecular formula is C9H12O2. The number of hydrogen-bond donors (Lipinski definition) is 0. The van der Waals surface area contributed by atoms with Crippen LogP contribution in [0.5, 0.6) is 0 Å². The second-order valence-electron chi connectivity index (χ2n) is 1.94. The highest BCUT2D eigenvalue weighted by molar-refractivity contribution is 5.87. The Balaban J connectivity index is 3.88. The molecule has 0 radical (unpaired) electrons. The molecule has 0 fully saturated rings. The van der Waals surface area contributed by atoms with E-state index in [0.29, 0.717) is 5.57 Å². The highest BCUT2D eigenvalue weighted by Crippen LogP contribution is 1.95. The van der Waals surface area contributed by atoms with Crippen molar-refractivity contribution in [3.05, 3.63) is 36.6 Å². The van der Waals surface area contributed by atoms with Gasteiger partial charge in [-0.25, -0.2) is 4.79 Å². The van der Waals surface area contributed by atoms with Gasteiger partial charge in [0.15, 0.2) is 0 Å². The van der Waals surface area contributed by atoms with Crippen molar-refractivity contribution in [1.82, 2.24) is 0 Å². The average Bonchev–Trinajstić information content (AvgIpc) is 2.03. The molecule has 0 N–H and O–H groups in total. The number of carbonyl (C=O) groups is 1. The minimum absolute atomic E-state index is 0.328. The van der Waals surface area contributed by atoms with Gasteiger partial charge in [-0.15, -0.1) is 0 Å². The largest absolute Gasteiger partial charge is 0.431 e. The first-order chi connectivity index (χ1) is 5.22. The summed E-state index contributed by atoms with van der Waals surface area (Å²) in [5, 5.41) is 0. The van der Waals surface area contributed by atoms with E-state index in [4.69, 9.17) is 0 Å². The van der Waals surface area contributed by atoms with Crippen LogP contribution in [0, 0.1) is 0 Å². The van der Waals surface area contributed by atoms with Crippen LogP contribution in [0.2, 0.25) is 0 Å². The first-order valence-electron chi connectivity index (χ1n) is 3.33. The summed E-state index contributed by atoms with van der Waals surface area (Å²) in [6.45, 7) is 6.91. The van der Waals surface area contributed by atoms with Crippen LogP contribution in [0.4, 0.5) is 0 Å². The molecule has 11 heavy (non-hydrogen) atoms. The smallest absolute Gasteiger partial charge is 0.338 e. The van der Waals surface area contributed by atoms with E-state index in [-0.39, 0.29) is 5.97 Å². The van der Waals surface area contributed by atoms with E-state index in [0.717, 1.165) is 0 Å². The summed E-state index contributed by atoms with van der Waals surface area (Å²) in [6.07, 6.45) is 6.10. The normalized spacial score (nSPS) is 11.6. The topological polar surface area (TPSA) is 26.3 Å². The Morgan fingerprint density at radius 1 is 1.55 bits per heavy atom. The number of ether oxygens (including phenoxy) is 1. The van der Waals surface area contributed by atoms with Crippen molar-refractivity contribution in [2.45, 2.75) is 13.8 Å². The molecule has 0 unspecified atom stereocenters. The second kappa shape index (κ2) is 5.47. The lowest BCUT2D eigenvalue weighted by Crippen LogP contribution is -1.99. The fourth-order valence-corrected chi connectivity index (χ4v) is 0.367. The van der Waals surface area contributed by atoms with E-state index in [1.54, 1.807) is 26.0 Å². The summed E-state index contributed by atoms with van der Waals surface area (Å²) in [5.74, 6) is -0.328. The molecule has 0 amide bonds. The third kappa shape index (κ3) is 4.14. The zero-order chi connectivity index (χ0) is 8.69. The standard InChI is InChI=1S/C9H12O2/c1-4-6-7-11-9(10)8(3)5-2/h4-7H,1H2,2-3H3/b7-6+,8-5+. The molecule has 0 bridgehead atoms. The molecule has 2 heteroatoms. The fourth-order valence-electron chi connectivity index (χ4n) is 0.367. The lowest BCUT2D eigenvalue weighted by atomic mass is 10.3. The Morgan fingerprint density at radius 3 is 2.64 bits per heavy atom. The first-order valence-corrected chi connectivity index (χ1v) is 3.33. The maximum atomic E-state index is 10.9. The lowest BCUT2D eigenvalue weighted by molar-refractivity contribution is -0.133. The molecule has 0 atom stereocenters. The molecule has 0 spiro atoms. The highest BCUT2D eigenvalue weighted by Gasteiger charge is 2.00. The molecule has 0 aliphatic heterocycles. The molecule has 60 valence electrons. The molecule has 2 nitrogen and oxygen atoms in total. The van der Waals surface area contributed by atoms with Gasteiger partial charge in [-0.1, -0.05) is 18.7 Å². The monoisotopic (exact) mass is 152 g/mol. The van der Waals surface area contributed by atoms with Crippen LogP contribution in [0.3, 0.4) is 0 Å². The predicted octanol–water partition coefficient (Wildman–Crippen LogP) is 2.20. The minimum Gasteiger partial charge on any atom is -0.431 e. The molecule has 0 rings (SSSR count). The SMILES string of the molecule is C=C/C=C/OC(=O)/C(C)=C/C. The van der Waals surface area contributed by atoms with E-state index in [1.165, 1.54) is 12.3 Å². The van der Waals surface area contributed by atoms with Crippen LogP contribution in [-0.2, 0) is 9.53 Å². The van der Waals surface area contributed by atoms with Gasteiger partial charge in [0.2, 0.25) is 0 Å². The Morgan fingerprint density at radius 2 is 2.18 bits per heavy atom. The molecule has 0 aromatic heterocycles. The van der Waals surface area contributed by atoms with Crippen LogP contribution >= 0.6 is 0 Å². The Kier molecular flexibility index (Phi) is 4.82.